The molecule has 0 fully saturated rings. The Balaban J connectivity index is 1.89. The van der Waals surface area contributed by atoms with Crippen LogP contribution in [0.2, 0.25) is 0 Å². The highest BCUT2D eigenvalue weighted by Gasteiger charge is 2.44. The second-order valence-corrected chi connectivity index (χ2v) is 8.69. The number of methoxy groups -OCH3 is 1. The van der Waals surface area contributed by atoms with Gasteiger partial charge in [-0.1, -0.05) is 19.9 Å². The molecular weight excluding hydrogens is 385 g/mol. The SMILES string of the molecule is COc1cc(C2CC(=O)N(c3ccc(F)cc3)C3=C2C(=O)CC(C)(C)C3)ccc1O. The third-order valence-corrected chi connectivity index (χ3v) is 5.83. The van der Waals surface area contributed by atoms with Crippen molar-refractivity contribution in [2.45, 2.75) is 39.0 Å². The van der Waals surface area contributed by atoms with E-state index in [9.17, 15) is 19.1 Å². The summed E-state index contributed by atoms with van der Waals surface area (Å²) in [6, 6.07) is 10.7. The lowest BCUT2D eigenvalue weighted by Crippen LogP contribution is -2.43. The first-order chi connectivity index (χ1) is 14.2. The van der Waals surface area contributed by atoms with Gasteiger partial charge in [0, 0.05) is 35.7 Å². The van der Waals surface area contributed by atoms with Crippen LogP contribution in [0.3, 0.4) is 0 Å². The lowest BCUT2D eigenvalue weighted by molar-refractivity contribution is -0.121. The van der Waals surface area contributed by atoms with Crippen LogP contribution in [0.4, 0.5) is 10.1 Å². The van der Waals surface area contributed by atoms with Crippen LogP contribution in [-0.4, -0.2) is 23.9 Å². The number of ketones is 1. The maximum atomic E-state index is 13.5. The van der Waals surface area contributed by atoms with Gasteiger partial charge in [-0.2, -0.15) is 0 Å². The fourth-order valence-corrected chi connectivity index (χ4v) is 4.50. The molecule has 0 aromatic heterocycles. The van der Waals surface area contributed by atoms with Gasteiger partial charge in [-0.05, 0) is 53.8 Å². The quantitative estimate of drug-likeness (QED) is 0.798. The number of anilines is 1. The molecule has 4 rings (SSSR count). The Morgan fingerprint density at radius 2 is 1.80 bits per heavy atom. The maximum absolute atomic E-state index is 13.5. The van der Waals surface area contributed by atoms with Gasteiger partial charge in [0.15, 0.2) is 17.3 Å². The largest absolute Gasteiger partial charge is 0.504 e. The highest BCUT2D eigenvalue weighted by atomic mass is 19.1. The van der Waals surface area contributed by atoms with Crippen molar-refractivity contribution >= 4 is 17.4 Å². The summed E-state index contributed by atoms with van der Waals surface area (Å²) in [4.78, 5) is 28.1. The molecule has 156 valence electrons. The monoisotopic (exact) mass is 409 g/mol. The molecule has 0 bridgehead atoms. The van der Waals surface area contributed by atoms with Crippen LogP contribution in [0.5, 0.6) is 11.5 Å². The Hall–Kier alpha value is -3.15. The van der Waals surface area contributed by atoms with Crippen molar-refractivity contribution in [3.63, 3.8) is 0 Å². The number of Topliss-reactive ketones (excluding diaryl/α,β-unsaturated/α-hetero) is 1. The summed E-state index contributed by atoms with van der Waals surface area (Å²) < 4.78 is 18.7. The molecule has 0 saturated heterocycles. The van der Waals surface area contributed by atoms with E-state index in [1.165, 1.54) is 25.3 Å². The first-order valence-corrected chi connectivity index (χ1v) is 9.92. The molecule has 1 aliphatic heterocycles. The lowest BCUT2D eigenvalue weighted by Gasteiger charge is -2.43. The fourth-order valence-electron chi connectivity index (χ4n) is 4.50. The van der Waals surface area contributed by atoms with Gasteiger partial charge in [0.2, 0.25) is 5.91 Å². The summed E-state index contributed by atoms with van der Waals surface area (Å²) >= 11 is 0. The van der Waals surface area contributed by atoms with E-state index >= 15 is 0 Å². The topological polar surface area (TPSA) is 66.8 Å². The number of ether oxygens (including phenoxy) is 1. The van der Waals surface area contributed by atoms with E-state index < -0.39 is 5.92 Å². The Morgan fingerprint density at radius 1 is 1.10 bits per heavy atom. The molecule has 0 spiro atoms. The second-order valence-electron chi connectivity index (χ2n) is 8.69. The van der Waals surface area contributed by atoms with Gasteiger partial charge in [0.1, 0.15) is 5.82 Å². The molecule has 6 heteroatoms. The second kappa shape index (κ2) is 7.27. The summed E-state index contributed by atoms with van der Waals surface area (Å²) in [5.74, 6) is -0.636. The van der Waals surface area contributed by atoms with Gasteiger partial charge in [-0.15, -0.1) is 0 Å². The Labute approximate surface area is 174 Å². The van der Waals surface area contributed by atoms with Crippen molar-refractivity contribution < 1.29 is 23.8 Å². The Kier molecular flexibility index (Phi) is 4.88. The highest BCUT2D eigenvalue weighted by Crippen LogP contribution is 2.48. The molecule has 1 N–H and O–H groups in total. The fraction of sp³-hybridized carbons (Fsp3) is 0.333. The molecule has 30 heavy (non-hydrogen) atoms. The normalized spacial score (nSPS) is 20.9. The number of halogens is 1. The standard InChI is InChI=1S/C24H24FNO4/c1-24(2)12-18-23(20(28)13-24)17(14-4-9-19(27)21(10-14)30-3)11-22(29)26(18)16-7-5-15(25)6-8-16/h4-10,17,27H,11-13H2,1-3H3. The van der Waals surface area contributed by atoms with E-state index in [1.807, 2.05) is 13.8 Å². The number of phenolic OH excluding ortho intramolecular Hbond substituents is 1. The molecule has 2 aromatic rings. The van der Waals surface area contributed by atoms with Crippen LogP contribution >= 0.6 is 0 Å². The molecule has 1 aliphatic carbocycles. The van der Waals surface area contributed by atoms with Crippen LogP contribution in [0.25, 0.3) is 0 Å². The van der Waals surface area contributed by atoms with Crippen LogP contribution in [0.15, 0.2) is 53.7 Å². The molecule has 1 unspecified atom stereocenters. The average Bonchev–Trinajstić information content (AvgIpc) is 2.68. The number of carbonyl (C=O) groups excluding carboxylic acids is 2. The summed E-state index contributed by atoms with van der Waals surface area (Å²) in [5, 5.41) is 9.94. The van der Waals surface area contributed by atoms with E-state index in [4.69, 9.17) is 4.74 Å². The van der Waals surface area contributed by atoms with E-state index in [2.05, 4.69) is 0 Å². The number of phenols is 1. The van der Waals surface area contributed by atoms with Crippen molar-refractivity contribution in [1.29, 1.82) is 0 Å². The van der Waals surface area contributed by atoms with E-state index in [0.717, 1.165) is 5.56 Å². The number of hydrogen-bond acceptors (Lipinski definition) is 4. The molecule has 0 radical (unpaired) electrons. The Morgan fingerprint density at radius 3 is 2.47 bits per heavy atom. The number of benzene rings is 2. The average molecular weight is 409 g/mol. The first kappa shape index (κ1) is 20.1. The molecule has 2 aromatic carbocycles. The highest BCUT2D eigenvalue weighted by molar-refractivity contribution is 6.07. The van der Waals surface area contributed by atoms with Crippen molar-refractivity contribution in [3.8, 4) is 11.5 Å². The molecule has 1 atom stereocenters. The zero-order valence-corrected chi connectivity index (χ0v) is 17.2. The predicted octanol–water partition coefficient (Wildman–Crippen LogP) is 4.70. The van der Waals surface area contributed by atoms with Gasteiger partial charge in [-0.3, -0.25) is 14.5 Å². The van der Waals surface area contributed by atoms with Crippen molar-refractivity contribution in [2.75, 3.05) is 12.0 Å². The zero-order chi connectivity index (χ0) is 21.6. The van der Waals surface area contributed by atoms with Gasteiger partial charge in [-0.25, -0.2) is 4.39 Å². The van der Waals surface area contributed by atoms with Gasteiger partial charge >= 0.3 is 0 Å². The van der Waals surface area contributed by atoms with E-state index in [1.54, 1.807) is 29.2 Å². The minimum atomic E-state index is -0.415. The third kappa shape index (κ3) is 3.47. The van der Waals surface area contributed by atoms with Crippen molar-refractivity contribution in [3.05, 3.63) is 65.1 Å². The Bertz CT molecular complexity index is 1060. The van der Waals surface area contributed by atoms with Crippen LogP contribution in [0, 0.1) is 11.2 Å². The zero-order valence-electron chi connectivity index (χ0n) is 17.2. The van der Waals surface area contributed by atoms with Gasteiger partial charge in [0.25, 0.3) is 0 Å². The smallest absolute Gasteiger partial charge is 0.232 e. The van der Waals surface area contributed by atoms with Crippen LogP contribution in [-0.2, 0) is 9.59 Å². The number of hydrogen-bond donors (Lipinski definition) is 1. The molecular formula is C24H24FNO4. The van der Waals surface area contributed by atoms with Crippen molar-refractivity contribution in [1.82, 2.24) is 0 Å². The summed E-state index contributed by atoms with van der Waals surface area (Å²) in [7, 11) is 1.46. The lowest BCUT2D eigenvalue weighted by atomic mass is 9.69. The first-order valence-electron chi connectivity index (χ1n) is 9.92. The maximum Gasteiger partial charge on any atom is 0.232 e. The van der Waals surface area contributed by atoms with E-state index in [-0.39, 0.29) is 35.1 Å². The molecule has 2 aliphatic rings. The van der Waals surface area contributed by atoms with Crippen molar-refractivity contribution in [2.24, 2.45) is 5.41 Å². The minimum Gasteiger partial charge on any atom is -0.504 e. The van der Waals surface area contributed by atoms with Gasteiger partial charge in [0.05, 0.1) is 7.11 Å². The number of rotatable bonds is 3. The minimum absolute atomic E-state index is 0.00151. The van der Waals surface area contributed by atoms with Crippen LogP contribution in [0.1, 0.15) is 44.6 Å². The predicted molar refractivity (Wildman–Crippen MR) is 111 cm³/mol. The number of allylic oxidation sites excluding steroid dienone is 2. The number of aromatic hydroxyl groups is 1. The molecule has 1 amide bonds. The van der Waals surface area contributed by atoms with Crippen LogP contribution < -0.4 is 9.64 Å². The summed E-state index contributed by atoms with van der Waals surface area (Å²) in [6.07, 6.45) is 1.06. The van der Waals surface area contributed by atoms with E-state index in [0.29, 0.717) is 35.5 Å². The molecule has 1 heterocycles. The summed E-state index contributed by atoms with van der Waals surface area (Å²) in [5.41, 5.74) is 2.31. The number of nitrogens with zero attached hydrogens (tertiary/aromatic N) is 1. The molecule has 5 nitrogen and oxygen atoms in total. The third-order valence-electron chi connectivity index (χ3n) is 5.83. The molecule has 0 saturated carbocycles. The van der Waals surface area contributed by atoms with Gasteiger partial charge < -0.3 is 9.84 Å². The summed E-state index contributed by atoms with van der Waals surface area (Å²) in [6.45, 7) is 4.02. The number of carbonyl (C=O) groups is 2. The number of amides is 1.